The fraction of sp³-hybridized carbons (Fsp3) is 0.250. The molecule has 4 amide bonds. The van der Waals surface area contributed by atoms with Gasteiger partial charge in [-0.3, -0.25) is 15.0 Å². The van der Waals surface area contributed by atoms with Crippen molar-refractivity contribution < 1.29 is 23.2 Å². The number of rotatable bonds is 6. The fourth-order valence-electron chi connectivity index (χ4n) is 3.08. The summed E-state index contributed by atoms with van der Waals surface area (Å²) in [5.74, 6) is -2.73. The van der Waals surface area contributed by atoms with Crippen LogP contribution in [0, 0.1) is 11.6 Å². The van der Waals surface area contributed by atoms with Crippen LogP contribution in [0.1, 0.15) is 31.0 Å². The number of carbonyl (C=O) groups excluding carboxylic acids is 3. The largest absolute Gasteiger partial charge is 0.344 e. The molecule has 0 spiro atoms. The predicted octanol–water partition coefficient (Wildman–Crippen LogP) is 2.11. The molecule has 0 bridgehead atoms. The number of imide groups is 1. The van der Waals surface area contributed by atoms with E-state index in [0.717, 1.165) is 12.1 Å². The number of nitrogens with one attached hydrogen (secondary N) is 3. The average molecular weight is 402 g/mol. The summed E-state index contributed by atoms with van der Waals surface area (Å²) < 4.78 is 26.8. The minimum absolute atomic E-state index is 0.186. The fourth-order valence-corrected chi connectivity index (χ4v) is 3.08. The maximum absolute atomic E-state index is 13.8. The molecule has 9 heteroatoms. The lowest BCUT2D eigenvalue weighted by Crippen LogP contribution is -2.50. The van der Waals surface area contributed by atoms with Gasteiger partial charge in [0.2, 0.25) is 0 Å². The molecule has 2 aromatic rings. The minimum Gasteiger partial charge on any atom is -0.318 e. The van der Waals surface area contributed by atoms with Gasteiger partial charge in [0, 0.05) is 17.7 Å². The quantitative estimate of drug-likeness (QED) is 0.646. The maximum Gasteiger partial charge on any atom is 0.344 e. The van der Waals surface area contributed by atoms with E-state index < -0.39 is 41.1 Å². The first-order valence-corrected chi connectivity index (χ1v) is 8.92. The lowest BCUT2D eigenvalue weighted by atomic mass is 9.92. The molecule has 3 N–H and O–H groups in total. The molecule has 152 valence electrons. The average Bonchev–Trinajstić information content (AvgIpc) is 2.91. The molecule has 3 rings (SSSR count). The highest BCUT2D eigenvalue weighted by atomic mass is 19.1. The van der Waals surface area contributed by atoms with Gasteiger partial charge in [-0.2, -0.15) is 5.01 Å². The Labute approximate surface area is 166 Å². The molecule has 2 aromatic carbocycles. The van der Waals surface area contributed by atoms with E-state index in [0.29, 0.717) is 10.6 Å². The standard InChI is InChI=1S/C20H20F2N4O3/c1-12(15-9-8-14(21)10-16(15)22)23-11-17(27)25-26-18(28)20(2,24-19(26)29)13-6-4-3-5-7-13/h3-10,12,23H,11H2,1-2H3,(H,24,29)(H,25,27)/t12-,20-/m1/s1. The molecule has 2 atom stereocenters. The second kappa shape index (κ2) is 7.96. The van der Waals surface area contributed by atoms with Crippen LogP contribution in [0.5, 0.6) is 0 Å². The number of urea groups is 1. The molecule has 0 aliphatic carbocycles. The van der Waals surface area contributed by atoms with Crippen LogP contribution >= 0.6 is 0 Å². The lowest BCUT2D eigenvalue weighted by Gasteiger charge is -2.22. The third-order valence-corrected chi connectivity index (χ3v) is 4.78. The van der Waals surface area contributed by atoms with E-state index in [4.69, 9.17) is 0 Å². The van der Waals surface area contributed by atoms with Crippen molar-refractivity contribution in [2.45, 2.75) is 25.4 Å². The smallest absolute Gasteiger partial charge is 0.318 e. The number of amides is 4. The Morgan fingerprint density at radius 1 is 1.17 bits per heavy atom. The van der Waals surface area contributed by atoms with Crippen LogP contribution in [0.2, 0.25) is 0 Å². The van der Waals surface area contributed by atoms with Crippen LogP contribution in [0.25, 0.3) is 0 Å². The molecule has 1 fully saturated rings. The second-order valence-corrected chi connectivity index (χ2v) is 6.87. The first-order valence-electron chi connectivity index (χ1n) is 8.92. The molecule has 1 aliphatic rings. The summed E-state index contributed by atoms with van der Waals surface area (Å²) in [6.07, 6.45) is 0. The van der Waals surface area contributed by atoms with Crippen molar-refractivity contribution in [2.24, 2.45) is 0 Å². The van der Waals surface area contributed by atoms with E-state index in [-0.39, 0.29) is 12.1 Å². The third kappa shape index (κ3) is 4.09. The van der Waals surface area contributed by atoms with Gasteiger partial charge in [-0.15, -0.1) is 0 Å². The Kier molecular flexibility index (Phi) is 5.60. The first-order chi connectivity index (χ1) is 13.7. The molecule has 0 aromatic heterocycles. The van der Waals surface area contributed by atoms with Gasteiger partial charge in [-0.25, -0.2) is 13.6 Å². The van der Waals surface area contributed by atoms with Gasteiger partial charge in [0.1, 0.15) is 17.2 Å². The summed E-state index contributed by atoms with van der Waals surface area (Å²) in [5, 5.41) is 5.97. The van der Waals surface area contributed by atoms with Crippen molar-refractivity contribution in [2.75, 3.05) is 6.54 Å². The zero-order valence-electron chi connectivity index (χ0n) is 15.8. The van der Waals surface area contributed by atoms with E-state index in [2.05, 4.69) is 16.1 Å². The normalized spacial score (nSPS) is 19.8. The monoisotopic (exact) mass is 402 g/mol. The molecule has 0 saturated carbocycles. The van der Waals surface area contributed by atoms with Crippen molar-refractivity contribution in [1.82, 2.24) is 21.1 Å². The molecule has 1 heterocycles. The van der Waals surface area contributed by atoms with Crippen LogP contribution in [0.4, 0.5) is 13.6 Å². The van der Waals surface area contributed by atoms with E-state index in [9.17, 15) is 23.2 Å². The van der Waals surface area contributed by atoms with Gasteiger partial charge in [-0.05, 0) is 25.5 Å². The Morgan fingerprint density at radius 2 is 1.86 bits per heavy atom. The van der Waals surface area contributed by atoms with Crippen molar-refractivity contribution in [3.63, 3.8) is 0 Å². The molecule has 29 heavy (non-hydrogen) atoms. The van der Waals surface area contributed by atoms with E-state index in [1.54, 1.807) is 44.2 Å². The topological polar surface area (TPSA) is 90.5 Å². The third-order valence-electron chi connectivity index (χ3n) is 4.78. The summed E-state index contributed by atoms with van der Waals surface area (Å²) in [4.78, 5) is 37.2. The second-order valence-electron chi connectivity index (χ2n) is 6.87. The molecule has 7 nitrogen and oxygen atoms in total. The van der Waals surface area contributed by atoms with Crippen LogP contribution in [0.3, 0.4) is 0 Å². The van der Waals surface area contributed by atoms with Crippen molar-refractivity contribution in [3.05, 3.63) is 71.3 Å². The summed E-state index contributed by atoms with van der Waals surface area (Å²) in [6, 6.07) is 10.5. The number of hydrogen-bond acceptors (Lipinski definition) is 4. The Morgan fingerprint density at radius 3 is 2.52 bits per heavy atom. The molecular weight excluding hydrogens is 382 g/mol. The Hall–Kier alpha value is -3.33. The Bertz CT molecular complexity index is 954. The van der Waals surface area contributed by atoms with Gasteiger partial charge < -0.3 is 10.6 Å². The number of carbonyl (C=O) groups is 3. The highest BCUT2D eigenvalue weighted by molar-refractivity contribution is 6.08. The van der Waals surface area contributed by atoms with Crippen molar-refractivity contribution in [3.8, 4) is 0 Å². The molecule has 1 saturated heterocycles. The van der Waals surface area contributed by atoms with Gasteiger partial charge >= 0.3 is 6.03 Å². The number of hydrogen-bond donors (Lipinski definition) is 3. The zero-order chi connectivity index (χ0) is 21.2. The maximum atomic E-state index is 13.8. The number of benzene rings is 2. The van der Waals surface area contributed by atoms with E-state index in [1.807, 2.05) is 0 Å². The number of halogens is 2. The lowest BCUT2D eigenvalue weighted by molar-refractivity contribution is -0.138. The zero-order valence-corrected chi connectivity index (χ0v) is 15.8. The van der Waals surface area contributed by atoms with Crippen molar-refractivity contribution in [1.29, 1.82) is 0 Å². The SMILES string of the molecule is C[C@@H](NCC(=O)NN1C(=O)N[C@](C)(c2ccccc2)C1=O)c1ccc(F)cc1F. The van der Waals surface area contributed by atoms with Gasteiger partial charge in [0.05, 0.1) is 6.54 Å². The number of nitrogens with zero attached hydrogens (tertiary/aromatic N) is 1. The first kappa shape index (κ1) is 20.4. The molecule has 0 radical (unpaired) electrons. The van der Waals surface area contributed by atoms with Gasteiger partial charge in [-0.1, -0.05) is 36.4 Å². The van der Waals surface area contributed by atoms with Crippen LogP contribution in [0.15, 0.2) is 48.5 Å². The highest BCUT2D eigenvalue weighted by Crippen LogP contribution is 2.27. The van der Waals surface area contributed by atoms with Gasteiger partial charge in [0.15, 0.2) is 0 Å². The van der Waals surface area contributed by atoms with Crippen LogP contribution in [-0.2, 0) is 15.1 Å². The molecular formula is C20H20F2N4O3. The van der Waals surface area contributed by atoms with Gasteiger partial charge in [0.25, 0.3) is 11.8 Å². The van der Waals surface area contributed by atoms with Crippen LogP contribution < -0.4 is 16.1 Å². The summed E-state index contributed by atoms with van der Waals surface area (Å²) in [6.45, 7) is 2.85. The summed E-state index contributed by atoms with van der Waals surface area (Å²) >= 11 is 0. The molecule has 1 aliphatic heterocycles. The van der Waals surface area contributed by atoms with Crippen LogP contribution in [-0.4, -0.2) is 29.4 Å². The van der Waals surface area contributed by atoms with E-state index >= 15 is 0 Å². The van der Waals surface area contributed by atoms with Crippen molar-refractivity contribution >= 4 is 17.8 Å². The summed E-state index contributed by atoms with van der Waals surface area (Å²) in [5.41, 5.74) is 1.71. The molecule has 0 unspecified atom stereocenters. The highest BCUT2D eigenvalue weighted by Gasteiger charge is 2.49. The predicted molar refractivity (Wildman–Crippen MR) is 100 cm³/mol. The van der Waals surface area contributed by atoms with E-state index in [1.165, 1.54) is 6.07 Å². The Balaban J connectivity index is 1.62. The minimum atomic E-state index is -1.30. The number of hydrazine groups is 1. The summed E-state index contributed by atoms with van der Waals surface area (Å²) in [7, 11) is 0.